The molecule has 0 atom stereocenters. The van der Waals surface area contributed by atoms with Crippen molar-refractivity contribution in [3.8, 4) is 0 Å². The van der Waals surface area contributed by atoms with Crippen molar-refractivity contribution in [1.29, 1.82) is 0 Å². The summed E-state index contributed by atoms with van der Waals surface area (Å²) in [4.78, 5) is 24.8. The third-order valence-electron chi connectivity index (χ3n) is 4.12. The first-order valence-electron chi connectivity index (χ1n) is 7.54. The molecule has 0 radical (unpaired) electrons. The van der Waals surface area contributed by atoms with E-state index in [1.165, 1.54) is 9.47 Å². The van der Waals surface area contributed by atoms with Gasteiger partial charge in [0.25, 0.3) is 0 Å². The highest BCUT2D eigenvalue weighted by Gasteiger charge is 2.24. The number of carboxylic acids is 1. The average Bonchev–Trinajstić information content (AvgIpc) is 2.56. The number of aromatic carboxylic acids is 1. The number of halogens is 2. The molecule has 8 heteroatoms. The molecule has 0 saturated carbocycles. The number of nitrogens with zero attached hydrogens (tertiary/aromatic N) is 2. The van der Waals surface area contributed by atoms with Gasteiger partial charge in [-0.1, -0.05) is 0 Å². The lowest BCUT2D eigenvalue weighted by Crippen LogP contribution is -2.37. The second-order valence-corrected chi connectivity index (χ2v) is 5.46. The predicted octanol–water partition coefficient (Wildman–Crippen LogP) is 0.500. The topological polar surface area (TPSA) is 74.6 Å². The van der Waals surface area contributed by atoms with Crippen molar-refractivity contribution >= 4 is 22.6 Å². The lowest BCUT2D eigenvalue weighted by atomic mass is 10.1. The molecule has 1 fully saturated rings. The van der Waals surface area contributed by atoms with Crippen LogP contribution in [0.1, 0.15) is 17.3 Å². The van der Waals surface area contributed by atoms with E-state index in [0.717, 1.165) is 12.3 Å². The van der Waals surface area contributed by atoms with Crippen molar-refractivity contribution in [3.05, 3.63) is 39.7 Å². The van der Waals surface area contributed by atoms with Crippen molar-refractivity contribution in [2.24, 2.45) is 0 Å². The minimum atomic E-state index is -1.68. The standard InChI is InChI=1S/C16H16F2N2O4/c1-2-19-8-10(16(22)23)15(21)9-7-11(17)14(12(18)13(9)19)20-3-5-24-6-4-20/h7-8H,2-6H2,1H3,(H,22,23)/p-1. The van der Waals surface area contributed by atoms with Crippen molar-refractivity contribution in [2.45, 2.75) is 13.5 Å². The van der Waals surface area contributed by atoms with E-state index in [1.807, 2.05) is 0 Å². The number of aryl methyl sites for hydroxylation is 1. The number of morpholine rings is 1. The largest absolute Gasteiger partial charge is 0.545 e. The van der Waals surface area contributed by atoms with Crippen LogP contribution >= 0.6 is 0 Å². The van der Waals surface area contributed by atoms with Crippen LogP contribution in [0.3, 0.4) is 0 Å². The first-order chi connectivity index (χ1) is 11.5. The predicted molar refractivity (Wildman–Crippen MR) is 81.2 cm³/mol. The van der Waals surface area contributed by atoms with Gasteiger partial charge in [-0.15, -0.1) is 0 Å². The molecule has 0 aliphatic carbocycles. The number of carbonyl (C=O) groups excluding carboxylic acids is 1. The molecule has 128 valence electrons. The number of anilines is 1. The van der Waals surface area contributed by atoms with Gasteiger partial charge in [-0.05, 0) is 13.0 Å². The summed E-state index contributed by atoms with van der Waals surface area (Å²) >= 11 is 0. The Labute approximate surface area is 135 Å². The average molecular weight is 337 g/mol. The van der Waals surface area contributed by atoms with Crippen LogP contribution in [0.2, 0.25) is 0 Å². The molecule has 0 unspecified atom stereocenters. The number of fused-ring (bicyclic) bond motifs is 1. The molecule has 0 bridgehead atoms. The van der Waals surface area contributed by atoms with Crippen molar-refractivity contribution in [3.63, 3.8) is 0 Å². The van der Waals surface area contributed by atoms with Crippen molar-refractivity contribution in [2.75, 3.05) is 31.2 Å². The number of benzene rings is 1. The van der Waals surface area contributed by atoms with E-state index in [4.69, 9.17) is 4.74 Å². The number of pyridine rings is 1. The van der Waals surface area contributed by atoms with Gasteiger partial charge in [0.1, 0.15) is 11.5 Å². The zero-order chi connectivity index (χ0) is 17.4. The molecular weight excluding hydrogens is 322 g/mol. The van der Waals surface area contributed by atoms with Crippen LogP contribution in [0.5, 0.6) is 0 Å². The molecular formula is C16H15F2N2O4-. The molecule has 1 aliphatic heterocycles. The van der Waals surface area contributed by atoms with Gasteiger partial charge in [-0.2, -0.15) is 0 Å². The van der Waals surface area contributed by atoms with Crippen molar-refractivity contribution < 1.29 is 23.4 Å². The molecule has 24 heavy (non-hydrogen) atoms. The van der Waals surface area contributed by atoms with Crippen LogP contribution in [-0.4, -0.2) is 36.8 Å². The smallest absolute Gasteiger partial charge is 0.198 e. The van der Waals surface area contributed by atoms with Crippen LogP contribution in [0.25, 0.3) is 10.9 Å². The van der Waals surface area contributed by atoms with Crippen LogP contribution in [0, 0.1) is 11.6 Å². The molecule has 0 amide bonds. The third-order valence-corrected chi connectivity index (χ3v) is 4.12. The van der Waals surface area contributed by atoms with E-state index in [9.17, 15) is 19.1 Å². The monoisotopic (exact) mass is 337 g/mol. The Hall–Kier alpha value is -2.48. The van der Waals surface area contributed by atoms with E-state index in [1.54, 1.807) is 6.92 Å². The van der Waals surface area contributed by atoms with E-state index < -0.39 is 28.6 Å². The molecule has 2 heterocycles. The minimum Gasteiger partial charge on any atom is -0.545 e. The fourth-order valence-electron chi connectivity index (χ4n) is 2.95. The maximum absolute atomic E-state index is 15.0. The second kappa shape index (κ2) is 6.20. The van der Waals surface area contributed by atoms with Crippen LogP contribution in [-0.2, 0) is 11.3 Å². The Balaban J connectivity index is 2.34. The summed E-state index contributed by atoms with van der Waals surface area (Å²) in [5.74, 6) is -3.46. The molecule has 1 aromatic heterocycles. The van der Waals surface area contributed by atoms with E-state index >= 15 is 4.39 Å². The van der Waals surface area contributed by atoms with Crippen LogP contribution in [0.15, 0.2) is 17.1 Å². The summed E-state index contributed by atoms with van der Waals surface area (Å²) in [5, 5.41) is 10.8. The highest BCUT2D eigenvalue weighted by molar-refractivity contribution is 5.92. The first kappa shape index (κ1) is 16.4. The number of carbonyl (C=O) groups is 1. The zero-order valence-corrected chi connectivity index (χ0v) is 13.0. The van der Waals surface area contributed by atoms with Gasteiger partial charge >= 0.3 is 0 Å². The first-order valence-corrected chi connectivity index (χ1v) is 7.54. The highest BCUT2D eigenvalue weighted by atomic mass is 19.1. The van der Waals surface area contributed by atoms with Gasteiger partial charge in [0, 0.05) is 25.8 Å². The molecule has 2 aromatic rings. The van der Waals surface area contributed by atoms with Crippen LogP contribution in [0.4, 0.5) is 14.5 Å². The molecule has 1 saturated heterocycles. The highest BCUT2D eigenvalue weighted by Crippen LogP contribution is 2.30. The number of rotatable bonds is 3. The maximum Gasteiger partial charge on any atom is 0.198 e. The molecule has 0 spiro atoms. The molecule has 6 nitrogen and oxygen atoms in total. The Bertz CT molecular complexity index is 873. The summed E-state index contributed by atoms with van der Waals surface area (Å²) in [5.41, 5.74) is -1.92. The Kier molecular flexibility index (Phi) is 4.23. The van der Waals surface area contributed by atoms with Crippen LogP contribution < -0.4 is 15.4 Å². The van der Waals surface area contributed by atoms with Gasteiger partial charge in [0.15, 0.2) is 11.2 Å². The summed E-state index contributed by atoms with van der Waals surface area (Å²) in [7, 11) is 0. The fourth-order valence-corrected chi connectivity index (χ4v) is 2.95. The molecule has 1 aliphatic rings. The second-order valence-electron chi connectivity index (χ2n) is 5.46. The number of hydrogen-bond donors (Lipinski definition) is 0. The van der Waals surface area contributed by atoms with E-state index in [-0.39, 0.29) is 23.1 Å². The number of aromatic nitrogens is 1. The summed E-state index contributed by atoms with van der Waals surface area (Å²) in [6, 6.07) is 0.893. The van der Waals surface area contributed by atoms with Crippen molar-refractivity contribution in [1.82, 2.24) is 4.57 Å². The van der Waals surface area contributed by atoms with Gasteiger partial charge in [-0.3, -0.25) is 4.79 Å². The fraction of sp³-hybridized carbons (Fsp3) is 0.375. The van der Waals surface area contributed by atoms with E-state index in [2.05, 4.69) is 0 Å². The summed E-state index contributed by atoms with van der Waals surface area (Å²) < 4.78 is 36.0. The molecule has 3 rings (SSSR count). The Morgan fingerprint density at radius 1 is 1.33 bits per heavy atom. The Morgan fingerprint density at radius 3 is 2.58 bits per heavy atom. The summed E-state index contributed by atoms with van der Waals surface area (Å²) in [6.45, 7) is 3.23. The van der Waals surface area contributed by atoms with Gasteiger partial charge < -0.3 is 24.1 Å². The molecule has 0 N–H and O–H groups in total. The lowest BCUT2D eigenvalue weighted by molar-refractivity contribution is -0.255. The lowest BCUT2D eigenvalue weighted by Gasteiger charge is -2.30. The number of ether oxygens (including phenoxy) is 1. The third kappa shape index (κ3) is 2.52. The zero-order valence-electron chi connectivity index (χ0n) is 13.0. The molecule has 1 aromatic carbocycles. The number of hydrogen-bond acceptors (Lipinski definition) is 5. The van der Waals surface area contributed by atoms with E-state index in [0.29, 0.717) is 26.3 Å². The SMILES string of the molecule is CCn1cc(C(=O)[O-])c(=O)c2cc(F)c(N3CCOCC3)c(F)c21. The Morgan fingerprint density at radius 2 is 2.00 bits per heavy atom. The van der Waals surface area contributed by atoms with Gasteiger partial charge in [0.05, 0.1) is 35.6 Å². The maximum atomic E-state index is 15.0. The number of carboxylic acid groups (broad SMARTS) is 1. The van der Waals surface area contributed by atoms with Gasteiger partial charge in [-0.25, -0.2) is 8.78 Å². The quantitative estimate of drug-likeness (QED) is 0.815. The van der Waals surface area contributed by atoms with Gasteiger partial charge in [0.2, 0.25) is 0 Å². The minimum absolute atomic E-state index is 0.115. The summed E-state index contributed by atoms with van der Waals surface area (Å²) in [6.07, 6.45) is 1.03. The normalized spacial score (nSPS) is 15.0.